The number of nitrogens with two attached hydrogens (primary N) is 1. The van der Waals surface area contributed by atoms with Gasteiger partial charge in [-0.1, -0.05) is 29.8 Å². The van der Waals surface area contributed by atoms with E-state index in [4.69, 9.17) is 17.3 Å². The number of amides is 1. The summed E-state index contributed by atoms with van der Waals surface area (Å²) >= 11 is 5.89. The van der Waals surface area contributed by atoms with Gasteiger partial charge in [0.2, 0.25) is 5.91 Å². The van der Waals surface area contributed by atoms with Crippen molar-refractivity contribution in [2.45, 2.75) is 25.4 Å². The number of benzene rings is 1. The molecule has 0 fully saturated rings. The molecule has 0 saturated heterocycles. The molecule has 2 atom stereocenters. The number of nitrogens with one attached hydrogen (secondary N) is 1. The van der Waals surface area contributed by atoms with Crippen LogP contribution in [0.4, 0.5) is 0 Å². The average Bonchev–Trinajstić information content (AvgIpc) is 2.29. The number of halogens is 1. The zero-order chi connectivity index (χ0) is 12.8. The van der Waals surface area contributed by atoms with E-state index < -0.39 is 6.04 Å². The highest BCUT2D eigenvalue weighted by molar-refractivity contribution is 6.30. The van der Waals surface area contributed by atoms with E-state index in [1.165, 1.54) is 0 Å². The fourth-order valence-electron chi connectivity index (χ4n) is 1.47. The van der Waals surface area contributed by atoms with Crippen LogP contribution in [0, 0.1) is 0 Å². The van der Waals surface area contributed by atoms with Crippen LogP contribution in [0.15, 0.2) is 36.9 Å². The first-order chi connectivity index (χ1) is 8.04. The van der Waals surface area contributed by atoms with Crippen LogP contribution < -0.4 is 11.1 Å². The van der Waals surface area contributed by atoms with Gasteiger partial charge in [0.05, 0.1) is 12.1 Å². The zero-order valence-corrected chi connectivity index (χ0v) is 10.6. The Morgan fingerprint density at radius 3 is 2.94 bits per heavy atom. The van der Waals surface area contributed by atoms with Crippen molar-refractivity contribution in [2.75, 3.05) is 0 Å². The molecule has 0 heterocycles. The summed E-state index contributed by atoms with van der Waals surface area (Å²) in [7, 11) is 0. The summed E-state index contributed by atoms with van der Waals surface area (Å²) in [6.07, 6.45) is 2.10. The zero-order valence-electron chi connectivity index (χ0n) is 9.82. The number of hydrogen-bond donors (Lipinski definition) is 2. The molecule has 1 amide bonds. The monoisotopic (exact) mass is 252 g/mol. The maximum Gasteiger partial charge on any atom is 0.237 e. The highest BCUT2D eigenvalue weighted by Crippen LogP contribution is 2.17. The first kappa shape index (κ1) is 13.7. The van der Waals surface area contributed by atoms with E-state index in [0.29, 0.717) is 11.4 Å². The Morgan fingerprint density at radius 2 is 2.35 bits per heavy atom. The second kappa shape index (κ2) is 6.42. The van der Waals surface area contributed by atoms with Crippen molar-refractivity contribution in [3.63, 3.8) is 0 Å². The molecule has 17 heavy (non-hydrogen) atoms. The van der Waals surface area contributed by atoms with E-state index in [2.05, 4.69) is 11.9 Å². The summed E-state index contributed by atoms with van der Waals surface area (Å²) in [5.41, 5.74) is 6.63. The predicted octanol–water partition coefficient (Wildman–Crippen LogP) is 2.42. The molecule has 0 aliphatic rings. The van der Waals surface area contributed by atoms with Gasteiger partial charge >= 0.3 is 0 Å². The van der Waals surface area contributed by atoms with Crippen LogP contribution in [0.2, 0.25) is 5.02 Å². The van der Waals surface area contributed by atoms with E-state index in [1.807, 2.05) is 25.1 Å². The van der Waals surface area contributed by atoms with Gasteiger partial charge in [-0.2, -0.15) is 0 Å². The van der Waals surface area contributed by atoms with Crippen molar-refractivity contribution < 1.29 is 4.79 Å². The third kappa shape index (κ3) is 4.21. The highest BCUT2D eigenvalue weighted by Gasteiger charge is 2.15. The Labute approximate surface area is 107 Å². The van der Waals surface area contributed by atoms with Crippen molar-refractivity contribution in [3.8, 4) is 0 Å². The fraction of sp³-hybridized carbons (Fsp3) is 0.308. The second-order valence-electron chi connectivity index (χ2n) is 3.92. The van der Waals surface area contributed by atoms with Gasteiger partial charge in [-0.05, 0) is 31.0 Å². The first-order valence-corrected chi connectivity index (χ1v) is 5.84. The van der Waals surface area contributed by atoms with Crippen molar-refractivity contribution in [1.82, 2.24) is 5.32 Å². The van der Waals surface area contributed by atoms with Crippen molar-refractivity contribution in [3.05, 3.63) is 47.5 Å². The van der Waals surface area contributed by atoms with Gasteiger partial charge in [0, 0.05) is 5.02 Å². The SMILES string of the molecule is C=CCC(N)C(=O)N[C@@H](C)c1cccc(Cl)c1. The maximum atomic E-state index is 11.7. The van der Waals surface area contributed by atoms with Gasteiger partial charge in [0.25, 0.3) is 0 Å². The summed E-state index contributed by atoms with van der Waals surface area (Å²) in [5, 5.41) is 3.49. The summed E-state index contributed by atoms with van der Waals surface area (Å²) in [6, 6.07) is 6.72. The number of carbonyl (C=O) groups excluding carboxylic acids is 1. The molecule has 92 valence electrons. The molecule has 3 nitrogen and oxygen atoms in total. The van der Waals surface area contributed by atoms with Gasteiger partial charge in [0.1, 0.15) is 0 Å². The summed E-state index contributed by atoms with van der Waals surface area (Å²) in [4.78, 5) is 11.7. The van der Waals surface area contributed by atoms with Crippen molar-refractivity contribution in [1.29, 1.82) is 0 Å². The maximum absolute atomic E-state index is 11.7. The predicted molar refractivity (Wildman–Crippen MR) is 70.8 cm³/mol. The Hall–Kier alpha value is -1.32. The second-order valence-corrected chi connectivity index (χ2v) is 4.35. The van der Waals surface area contributed by atoms with Gasteiger partial charge in [-0.3, -0.25) is 4.79 Å². The standard InChI is InChI=1S/C13H17ClN2O/c1-3-5-12(15)13(17)16-9(2)10-6-4-7-11(14)8-10/h3-4,6-9,12H,1,5,15H2,2H3,(H,16,17)/t9-,12?/m0/s1. The summed E-state index contributed by atoms with van der Waals surface area (Å²) in [5.74, 6) is -0.183. The Balaban J connectivity index is 2.63. The molecule has 0 aromatic heterocycles. The molecule has 0 spiro atoms. The number of hydrogen-bond acceptors (Lipinski definition) is 2. The Morgan fingerprint density at radius 1 is 1.65 bits per heavy atom. The van der Waals surface area contributed by atoms with Crippen molar-refractivity contribution >= 4 is 17.5 Å². The molecule has 0 aliphatic heterocycles. The molecular weight excluding hydrogens is 236 g/mol. The van der Waals surface area contributed by atoms with E-state index in [9.17, 15) is 4.79 Å². The lowest BCUT2D eigenvalue weighted by molar-refractivity contribution is -0.122. The smallest absolute Gasteiger partial charge is 0.237 e. The van der Waals surface area contributed by atoms with E-state index >= 15 is 0 Å². The molecule has 4 heteroatoms. The minimum atomic E-state index is -0.547. The molecule has 3 N–H and O–H groups in total. The highest BCUT2D eigenvalue weighted by atomic mass is 35.5. The quantitative estimate of drug-likeness (QED) is 0.791. The lowest BCUT2D eigenvalue weighted by Gasteiger charge is -2.17. The van der Waals surface area contributed by atoms with Crippen LogP contribution in [-0.2, 0) is 4.79 Å². The normalized spacial score (nSPS) is 13.8. The van der Waals surface area contributed by atoms with Gasteiger partial charge in [-0.15, -0.1) is 6.58 Å². The van der Waals surface area contributed by atoms with E-state index in [0.717, 1.165) is 5.56 Å². The molecule has 1 aromatic carbocycles. The third-order valence-electron chi connectivity index (χ3n) is 2.46. The molecule has 1 unspecified atom stereocenters. The van der Waals surface area contributed by atoms with Gasteiger partial charge < -0.3 is 11.1 Å². The molecular formula is C13H17ClN2O. The number of carbonyl (C=O) groups is 1. The lowest BCUT2D eigenvalue weighted by Crippen LogP contribution is -2.41. The Bertz CT molecular complexity index is 406. The van der Waals surface area contributed by atoms with Crippen LogP contribution in [0.5, 0.6) is 0 Å². The minimum absolute atomic E-state index is 0.114. The van der Waals surface area contributed by atoms with E-state index in [-0.39, 0.29) is 11.9 Å². The van der Waals surface area contributed by atoms with Crippen LogP contribution >= 0.6 is 11.6 Å². The minimum Gasteiger partial charge on any atom is -0.348 e. The largest absolute Gasteiger partial charge is 0.348 e. The van der Waals surface area contributed by atoms with Crippen molar-refractivity contribution in [2.24, 2.45) is 5.73 Å². The van der Waals surface area contributed by atoms with Crippen LogP contribution in [0.3, 0.4) is 0 Å². The van der Waals surface area contributed by atoms with Crippen LogP contribution in [0.25, 0.3) is 0 Å². The van der Waals surface area contributed by atoms with Gasteiger partial charge in [-0.25, -0.2) is 0 Å². The molecule has 0 radical (unpaired) electrons. The third-order valence-corrected chi connectivity index (χ3v) is 2.70. The van der Waals surface area contributed by atoms with E-state index in [1.54, 1.807) is 12.1 Å². The topological polar surface area (TPSA) is 55.1 Å². The van der Waals surface area contributed by atoms with Gasteiger partial charge in [0.15, 0.2) is 0 Å². The summed E-state index contributed by atoms with van der Waals surface area (Å²) in [6.45, 7) is 5.45. The molecule has 0 aliphatic carbocycles. The van der Waals surface area contributed by atoms with Crippen LogP contribution in [-0.4, -0.2) is 11.9 Å². The molecule has 0 bridgehead atoms. The molecule has 1 rings (SSSR count). The first-order valence-electron chi connectivity index (χ1n) is 5.47. The fourth-order valence-corrected chi connectivity index (χ4v) is 1.67. The summed E-state index contributed by atoms with van der Waals surface area (Å²) < 4.78 is 0. The van der Waals surface area contributed by atoms with Crippen LogP contribution in [0.1, 0.15) is 24.9 Å². The number of rotatable bonds is 5. The lowest BCUT2D eigenvalue weighted by atomic mass is 10.1. The molecule has 0 saturated carbocycles. The molecule has 1 aromatic rings. The average molecular weight is 253 g/mol. The Kier molecular flexibility index (Phi) is 5.19.